The van der Waals surface area contributed by atoms with Gasteiger partial charge in [-0.25, -0.2) is 0 Å². The Balaban J connectivity index is 2.14. The minimum atomic E-state index is 0.400. The Morgan fingerprint density at radius 2 is 1.90 bits per heavy atom. The fourth-order valence-electron chi connectivity index (χ4n) is 3.00. The highest BCUT2D eigenvalue weighted by molar-refractivity contribution is 7.98. The first kappa shape index (κ1) is 15.4. The zero-order valence-electron chi connectivity index (χ0n) is 13.0. The lowest BCUT2D eigenvalue weighted by Gasteiger charge is -2.19. The van der Waals surface area contributed by atoms with Crippen LogP contribution in [-0.2, 0) is 0 Å². The van der Waals surface area contributed by atoms with Gasteiger partial charge in [-0.1, -0.05) is 32.5 Å². The van der Waals surface area contributed by atoms with Gasteiger partial charge in [0.2, 0.25) is 11.9 Å². The van der Waals surface area contributed by atoms with Crippen molar-refractivity contribution in [3.05, 3.63) is 0 Å². The Morgan fingerprint density at radius 1 is 1.20 bits per heavy atom. The van der Waals surface area contributed by atoms with Crippen molar-refractivity contribution in [2.24, 2.45) is 11.3 Å². The van der Waals surface area contributed by atoms with Crippen molar-refractivity contribution >= 4 is 23.7 Å². The molecule has 0 saturated heterocycles. The molecule has 0 radical (unpaired) electrons. The highest BCUT2D eigenvalue weighted by Crippen LogP contribution is 2.41. The summed E-state index contributed by atoms with van der Waals surface area (Å²) in [7, 11) is 0. The first-order valence-corrected chi connectivity index (χ1v) is 8.46. The number of nitrogens with one attached hydrogen (secondary N) is 2. The Bertz CT molecular complexity index is 463. The molecule has 1 aliphatic carbocycles. The van der Waals surface area contributed by atoms with Crippen LogP contribution in [0.15, 0.2) is 5.16 Å². The number of thioether (sulfide) groups is 1. The van der Waals surface area contributed by atoms with Gasteiger partial charge in [-0.15, -0.1) is 0 Å². The second-order valence-corrected chi connectivity index (χ2v) is 7.07. The highest BCUT2D eigenvalue weighted by Gasteiger charge is 2.37. The van der Waals surface area contributed by atoms with Crippen LogP contribution in [0.5, 0.6) is 0 Å². The Hall–Kier alpha value is -1.04. The van der Waals surface area contributed by atoms with Crippen molar-refractivity contribution in [3.63, 3.8) is 0 Å². The molecule has 0 aliphatic heterocycles. The van der Waals surface area contributed by atoms with Gasteiger partial charge in [0.15, 0.2) is 5.16 Å². The van der Waals surface area contributed by atoms with E-state index in [1.807, 2.05) is 13.2 Å². The number of hydrogen-bond donors (Lipinski definition) is 2. The lowest BCUT2D eigenvalue weighted by Crippen LogP contribution is -2.24. The predicted octanol–water partition coefficient (Wildman–Crippen LogP) is 3.26. The summed E-state index contributed by atoms with van der Waals surface area (Å²) < 4.78 is 0. The number of rotatable bonds is 5. The van der Waals surface area contributed by atoms with E-state index in [0.717, 1.165) is 18.1 Å². The van der Waals surface area contributed by atoms with Gasteiger partial charge in [0.1, 0.15) is 0 Å². The van der Waals surface area contributed by atoms with Crippen LogP contribution in [-0.4, -0.2) is 33.8 Å². The van der Waals surface area contributed by atoms with Gasteiger partial charge in [0, 0.05) is 12.6 Å². The Labute approximate surface area is 125 Å². The quantitative estimate of drug-likeness (QED) is 0.813. The molecule has 1 aromatic heterocycles. The topological polar surface area (TPSA) is 62.7 Å². The molecule has 1 heterocycles. The molecule has 0 spiro atoms. The summed E-state index contributed by atoms with van der Waals surface area (Å²) in [5, 5.41) is 7.42. The molecule has 2 atom stereocenters. The molecule has 0 amide bonds. The van der Waals surface area contributed by atoms with Crippen molar-refractivity contribution in [1.82, 2.24) is 15.0 Å². The third kappa shape index (κ3) is 3.75. The molecule has 2 N–H and O–H groups in total. The first-order valence-electron chi connectivity index (χ1n) is 7.24. The number of hydrogen-bond acceptors (Lipinski definition) is 6. The molecular formula is C14H25N5S. The van der Waals surface area contributed by atoms with E-state index in [1.165, 1.54) is 18.2 Å². The van der Waals surface area contributed by atoms with Crippen molar-refractivity contribution < 1.29 is 0 Å². The van der Waals surface area contributed by atoms with Crippen LogP contribution >= 0.6 is 11.8 Å². The first-order chi connectivity index (χ1) is 9.43. The maximum absolute atomic E-state index is 4.47. The number of nitrogens with zero attached hydrogens (tertiary/aromatic N) is 3. The van der Waals surface area contributed by atoms with Crippen LogP contribution in [0.2, 0.25) is 0 Å². The van der Waals surface area contributed by atoms with Gasteiger partial charge in [-0.3, -0.25) is 0 Å². The molecule has 0 aromatic carbocycles. The van der Waals surface area contributed by atoms with Gasteiger partial charge in [0.25, 0.3) is 0 Å². The molecule has 0 bridgehead atoms. The van der Waals surface area contributed by atoms with Gasteiger partial charge in [0.05, 0.1) is 0 Å². The third-order valence-electron chi connectivity index (χ3n) is 3.78. The van der Waals surface area contributed by atoms with Crippen LogP contribution < -0.4 is 10.6 Å². The number of anilines is 2. The van der Waals surface area contributed by atoms with E-state index in [1.54, 1.807) is 0 Å². The summed E-state index contributed by atoms with van der Waals surface area (Å²) >= 11 is 1.54. The minimum Gasteiger partial charge on any atom is -0.354 e. The minimum absolute atomic E-state index is 0.400. The van der Waals surface area contributed by atoms with E-state index in [2.05, 4.69) is 46.4 Å². The van der Waals surface area contributed by atoms with Gasteiger partial charge in [-0.05, 0) is 37.4 Å². The predicted molar refractivity (Wildman–Crippen MR) is 85.4 cm³/mol. The van der Waals surface area contributed by atoms with Crippen LogP contribution in [0, 0.1) is 11.3 Å². The highest BCUT2D eigenvalue weighted by atomic mass is 32.2. The summed E-state index contributed by atoms with van der Waals surface area (Å²) in [5.74, 6) is 1.98. The zero-order valence-corrected chi connectivity index (χ0v) is 13.8. The standard InChI is InChI=1S/C14H25N5S/c1-6-15-11-17-12(19-13(18-11)20-5)16-10-8-14(3,4)7-9(10)2/h9-10H,6-8H2,1-5H3,(H2,15,16,17,18,19). The van der Waals surface area contributed by atoms with Crippen molar-refractivity contribution in [2.45, 2.75) is 51.7 Å². The molecule has 1 aliphatic rings. The zero-order chi connectivity index (χ0) is 14.8. The van der Waals surface area contributed by atoms with Gasteiger partial charge < -0.3 is 10.6 Å². The molecule has 20 heavy (non-hydrogen) atoms. The molecule has 2 rings (SSSR count). The summed E-state index contributed by atoms with van der Waals surface area (Å²) in [4.78, 5) is 13.3. The molecule has 6 heteroatoms. The lowest BCUT2D eigenvalue weighted by atomic mass is 9.91. The monoisotopic (exact) mass is 295 g/mol. The van der Waals surface area contributed by atoms with Crippen LogP contribution in [0.1, 0.15) is 40.5 Å². The number of aromatic nitrogens is 3. The molecule has 5 nitrogen and oxygen atoms in total. The van der Waals surface area contributed by atoms with Gasteiger partial charge in [-0.2, -0.15) is 15.0 Å². The van der Waals surface area contributed by atoms with E-state index >= 15 is 0 Å². The van der Waals surface area contributed by atoms with E-state index in [0.29, 0.717) is 29.3 Å². The van der Waals surface area contributed by atoms with Crippen molar-refractivity contribution in [2.75, 3.05) is 23.4 Å². The average Bonchev–Trinajstić information content (AvgIpc) is 2.62. The molecular weight excluding hydrogens is 270 g/mol. The summed E-state index contributed by atoms with van der Waals surface area (Å²) in [6, 6.07) is 0.441. The van der Waals surface area contributed by atoms with Crippen LogP contribution in [0.4, 0.5) is 11.9 Å². The van der Waals surface area contributed by atoms with E-state index < -0.39 is 0 Å². The average molecular weight is 295 g/mol. The fourth-order valence-corrected chi connectivity index (χ4v) is 3.36. The van der Waals surface area contributed by atoms with E-state index in [-0.39, 0.29) is 0 Å². The van der Waals surface area contributed by atoms with E-state index in [4.69, 9.17) is 0 Å². The normalized spacial score (nSPS) is 24.6. The second-order valence-electron chi connectivity index (χ2n) is 6.30. The summed E-state index contributed by atoms with van der Waals surface area (Å²) in [6.45, 7) is 9.81. The van der Waals surface area contributed by atoms with Gasteiger partial charge >= 0.3 is 0 Å². The summed E-state index contributed by atoms with van der Waals surface area (Å²) in [5.41, 5.74) is 0.400. The van der Waals surface area contributed by atoms with Crippen molar-refractivity contribution in [3.8, 4) is 0 Å². The smallest absolute Gasteiger partial charge is 0.228 e. The largest absolute Gasteiger partial charge is 0.354 e. The molecule has 1 saturated carbocycles. The Morgan fingerprint density at radius 3 is 2.45 bits per heavy atom. The fraction of sp³-hybridized carbons (Fsp3) is 0.786. The Kier molecular flexibility index (Phi) is 4.73. The SMILES string of the molecule is CCNc1nc(NC2CC(C)(C)CC2C)nc(SC)n1. The lowest BCUT2D eigenvalue weighted by molar-refractivity contribution is 0.366. The molecule has 2 unspecified atom stereocenters. The third-order valence-corrected chi connectivity index (χ3v) is 4.33. The van der Waals surface area contributed by atoms with E-state index in [9.17, 15) is 0 Å². The molecule has 112 valence electrons. The van der Waals surface area contributed by atoms with Crippen LogP contribution in [0.3, 0.4) is 0 Å². The molecule has 1 fully saturated rings. The maximum Gasteiger partial charge on any atom is 0.228 e. The maximum atomic E-state index is 4.47. The second kappa shape index (κ2) is 6.16. The van der Waals surface area contributed by atoms with Crippen molar-refractivity contribution in [1.29, 1.82) is 0 Å². The molecule has 1 aromatic rings. The summed E-state index contributed by atoms with van der Waals surface area (Å²) in [6.07, 6.45) is 4.38. The van der Waals surface area contributed by atoms with Crippen LogP contribution in [0.25, 0.3) is 0 Å².